The minimum Gasteiger partial charge on any atom is -0.393 e. The van der Waals surface area contributed by atoms with Crippen LogP contribution in [0.3, 0.4) is 0 Å². The quantitative estimate of drug-likeness (QED) is 0.572. The van der Waals surface area contributed by atoms with Gasteiger partial charge in [0.05, 0.1) is 17.8 Å². The van der Waals surface area contributed by atoms with Crippen molar-refractivity contribution in [1.29, 1.82) is 0 Å². The summed E-state index contributed by atoms with van der Waals surface area (Å²) in [6, 6.07) is 0.410. The number of rotatable bonds is 0. The molecule has 6 rings (SSSR count). The van der Waals surface area contributed by atoms with Gasteiger partial charge in [-0.15, -0.1) is 0 Å². The molecule has 4 heteroatoms. The monoisotopic (exact) mass is 425 g/mol. The van der Waals surface area contributed by atoms with Gasteiger partial charge < -0.3 is 15.2 Å². The smallest absolute Gasteiger partial charge is 0.163 e. The number of nitrogens with one attached hydrogen (secondary N) is 1. The van der Waals surface area contributed by atoms with Crippen LogP contribution in [0.4, 0.5) is 0 Å². The number of fused-ring (bicyclic) bond motifs is 6. The van der Waals surface area contributed by atoms with Crippen molar-refractivity contribution in [2.45, 2.75) is 96.5 Å². The molecule has 0 radical (unpaired) electrons. The maximum atomic E-state index is 14.1. The van der Waals surface area contributed by atoms with Crippen molar-refractivity contribution in [1.82, 2.24) is 5.32 Å². The first-order valence-electron chi connectivity index (χ1n) is 12.8. The molecule has 0 bridgehead atoms. The molecule has 170 valence electrons. The Labute approximate surface area is 186 Å². The summed E-state index contributed by atoms with van der Waals surface area (Å²) in [5.74, 6) is 2.41. The number of aliphatic hydroxyl groups is 1. The van der Waals surface area contributed by atoms with Gasteiger partial charge in [-0.2, -0.15) is 0 Å². The molecule has 0 aromatic heterocycles. The van der Waals surface area contributed by atoms with Crippen LogP contribution in [0.1, 0.15) is 72.6 Å². The first kappa shape index (κ1) is 20.6. The van der Waals surface area contributed by atoms with Crippen LogP contribution in [-0.2, 0) is 9.53 Å². The van der Waals surface area contributed by atoms with E-state index in [1.54, 1.807) is 0 Å². The van der Waals surface area contributed by atoms with Gasteiger partial charge in [-0.05, 0) is 87.2 Å². The third kappa shape index (κ3) is 2.62. The topological polar surface area (TPSA) is 58.6 Å². The van der Waals surface area contributed by atoms with Crippen LogP contribution in [0.5, 0.6) is 0 Å². The van der Waals surface area contributed by atoms with Crippen molar-refractivity contribution in [2.24, 2.45) is 35.0 Å². The summed E-state index contributed by atoms with van der Waals surface area (Å²) < 4.78 is 6.93. The summed E-state index contributed by atoms with van der Waals surface area (Å²) in [4.78, 5) is 14.1. The van der Waals surface area contributed by atoms with Crippen molar-refractivity contribution in [2.75, 3.05) is 6.54 Å². The number of hydrogen-bond acceptors (Lipinski definition) is 4. The van der Waals surface area contributed by atoms with E-state index in [2.05, 4.69) is 39.1 Å². The zero-order valence-electron chi connectivity index (χ0n) is 19.6. The van der Waals surface area contributed by atoms with Gasteiger partial charge >= 0.3 is 0 Å². The van der Waals surface area contributed by atoms with Gasteiger partial charge in [0, 0.05) is 23.5 Å². The van der Waals surface area contributed by atoms with Crippen LogP contribution in [0.2, 0.25) is 0 Å². The predicted octanol–water partition coefficient (Wildman–Crippen LogP) is 4.18. The Morgan fingerprint density at radius 3 is 2.84 bits per heavy atom. The van der Waals surface area contributed by atoms with Crippen molar-refractivity contribution >= 4 is 5.78 Å². The Bertz CT molecular complexity index is 876. The molecular formula is C27H39NO3. The van der Waals surface area contributed by atoms with E-state index < -0.39 is 0 Å². The van der Waals surface area contributed by atoms with Gasteiger partial charge in [0.1, 0.15) is 0 Å². The molecule has 0 aromatic rings. The molecule has 2 saturated carbocycles. The number of ether oxygens (including phenoxy) is 1. The molecule has 31 heavy (non-hydrogen) atoms. The molecule has 1 unspecified atom stereocenters. The first-order chi connectivity index (χ1) is 14.8. The van der Waals surface area contributed by atoms with E-state index in [1.165, 1.54) is 11.1 Å². The fourth-order valence-electron chi connectivity index (χ4n) is 8.93. The Kier molecular flexibility index (Phi) is 4.51. The molecule has 0 amide bonds. The lowest BCUT2D eigenvalue weighted by atomic mass is 9.56. The number of hydrogen-bond donors (Lipinski definition) is 2. The van der Waals surface area contributed by atoms with Crippen molar-refractivity contribution in [3.63, 3.8) is 0 Å². The highest BCUT2D eigenvalue weighted by Crippen LogP contribution is 2.63. The van der Waals surface area contributed by atoms with Crippen molar-refractivity contribution < 1.29 is 14.6 Å². The lowest BCUT2D eigenvalue weighted by molar-refractivity contribution is -0.123. The Balaban J connectivity index is 1.39. The average molecular weight is 426 g/mol. The second-order valence-corrected chi connectivity index (χ2v) is 12.1. The number of aliphatic hydroxyl groups excluding tert-OH is 1. The first-order valence-corrected chi connectivity index (χ1v) is 12.8. The highest BCUT2D eigenvalue weighted by Gasteiger charge is 2.63. The largest absolute Gasteiger partial charge is 0.393 e. The molecular weight excluding hydrogens is 386 g/mol. The second kappa shape index (κ2) is 6.77. The van der Waals surface area contributed by atoms with Crippen LogP contribution in [0.25, 0.3) is 0 Å². The SMILES string of the molecule is CC1=C2C(=O)C3[C@@H](CC=C4C[C@@H](O)CC[C@@]43C)[C@@H]2CC[C@]12O[C@@H]1C[C@H](C)CN[C@H]1[C@H]2C. The summed E-state index contributed by atoms with van der Waals surface area (Å²) in [6.07, 6.45) is 9.23. The molecule has 10 atom stereocenters. The summed E-state index contributed by atoms with van der Waals surface area (Å²) in [6.45, 7) is 10.3. The fourth-order valence-corrected chi connectivity index (χ4v) is 8.93. The minimum absolute atomic E-state index is 0.0653. The van der Waals surface area contributed by atoms with E-state index in [-0.39, 0.29) is 29.1 Å². The van der Waals surface area contributed by atoms with Crippen LogP contribution in [0.15, 0.2) is 22.8 Å². The Hall–Kier alpha value is -0.970. The number of carbonyl (C=O) groups is 1. The molecule has 0 aromatic carbocycles. The summed E-state index contributed by atoms with van der Waals surface area (Å²) in [5.41, 5.74) is 3.43. The zero-order valence-corrected chi connectivity index (χ0v) is 19.6. The van der Waals surface area contributed by atoms with E-state index in [9.17, 15) is 9.90 Å². The van der Waals surface area contributed by atoms with E-state index >= 15 is 0 Å². The van der Waals surface area contributed by atoms with E-state index in [1.807, 2.05) is 0 Å². The van der Waals surface area contributed by atoms with Gasteiger partial charge in [-0.1, -0.05) is 32.4 Å². The van der Waals surface area contributed by atoms with Crippen molar-refractivity contribution in [3.8, 4) is 0 Å². The minimum atomic E-state index is -0.263. The third-order valence-electron chi connectivity index (χ3n) is 10.6. The van der Waals surface area contributed by atoms with Gasteiger partial charge in [-0.3, -0.25) is 4.79 Å². The molecule has 4 nitrogen and oxygen atoms in total. The normalized spacial score (nSPS) is 53.7. The van der Waals surface area contributed by atoms with Crippen LogP contribution >= 0.6 is 0 Å². The molecule has 2 heterocycles. The average Bonchev–Trinajstić information content (AvgIpc) is 3.18. The van der Waals surface area contributed by atoms with Crippen LogP contribution < -0.4 is 5.32 Å². The summed E-state index contributed by atoms with van der Waals surface area (Å²) in [5, 5.41) is 14.0. The highest BCUT2D eigenvalue weighted by molar-refractivity contribution is 6.02. The number of Topliss-reactive ketones (excluding diaryl/α,β-unsaturated/α-hetero) is 1. The van der Waals surface area contributed by atoms with E-state index in [4.69, 9.17) is 4.74 Å². The van der Waals surface area contributed by atoms with Crippen LogP contribution in [0, 0.1) is 35.0 Å². The molecule has 4 fully saturated rings. The maximum absolute atomic E-state index is 14.1. The third-order valence-corrected chi connectivity index (χ3v) is 10.6. The van der Waals surface area contributed by atoms with Gasteiger partial charge in [0.25, 0.3) is 0 Å². The molecule has 2 aliphatic heterocycles. The molecule has 2 saturated heterocycles. The number of allylic oxidation sites excluding steroid dienone is 2. The van der Waals surface area contributed by atoms with Crippen molar-refractivity contribution in [3.05, 3.63) is 22.8 Å². The highest BCUT2D eigenvalue weighted by atomic mass is 16.5. The van der Waals surface area contributed by atoms with Gasteiger partial charge in [0.2, 0.25) is 0 Å². The number of ketones is 1. The molecule has 1 spiro atoms. The predicted molar refractivity (Wildman–Crippen MR) is 120 cm³/mol. The second-order valence-electron chi connectivity index (χ2n) is 12.1. The summed E-state index contributed by atoms with van der Waals surface area (Å²) in [7, 11) is 0. The van der Waals surface area contributed by atoms with E-state index in [0.29, 0.717) is 35.5 Å². The lowest BCUT2D eigenvalue weighted by Gasteiger charge is -2.48. The molecule has 2 N–H and O–H groups in total. The maximum Gasteiger partial charge on any atom is 0.163 e. The van der Waals surface area contributed by atoms with Gasteiger partial charge in [0.15, 0.2) is 5.78 Å². The Morgan fingerprint density at radius 1 is 1.23 bits per heavy atom. The Morgan fingerprint density at radius 2 is 2.03 bits per heavy atom. The zero-order chi connectivity index (χ0) is 21.7. The fraction of sp³-hybridized carbons (Fsp3) is 0.815. The molecule has 4 aliphatic carbocycles. The lowest BCUT2D eigenvalue weighted by Crippen LogP contribution is -2.49. The number of piperidine rings is 1. The molecule has 6 aliphatic rings. The standard InChI is InChI=1S/C27H39NO3/c1-14-11-21-24(28-13-14)16(3)27(31-21)10-8-19-20-6-5-17-12-18(29)7-9-26(17,4)23(20)25(30)22(19)15(27)2/h5,14,16,18-21,23-24,28-29H,6-13H2,1-4H3/t14-,16+,18-,19-,20-,21+,23?,24-,26-,27-/m0/s1. The summed E-state index contributed by atoms with van der Waals surface area (Å²) >= 11 is 0. The number of carbonyl (C=O) groups excluding carboxylic acids is 1. The van der Waals surface area contributed by atoms with Gasteiger partial charge in [-0.25, -0.2) is 0 Å². The van der Waals surface area contributed by atoms with Crippen LogP contribution in [-0.4, -0.2) is 41.3 Å². The van der Waals surface area contributed by atoms with E-state index in [0.717, 1.165) is 57.1 Å².